The summed E-state index contributed by atoms with van der Waals surface area (Å²) in [5.74, 6) is 1.82. The highest BCUT2D eigenvalue weighted by atomic mass is 32.1. The monoisotopic (exact) mass is 364 g/mol. The number of thiazole rings is 1. The second-order valence-electron chi connectivity index (χ2n) is 5.63. The van der Waals surface area contributed by atoms with Gasteiger partial charge in [0.1, 0.15) is 0 Å². The Balaban J connectivity index is 2.13. The molecule has 1 aromatic heterocycles. The first-order valence-corrected chi connectivity index (χ1v) is 8.66. The van der Waals surface area contributed by atoms with Crippen LogP contribution in [0.4, 0.5) is 0 Å². The topological polar surface area (TPSA) is 60.7 Å². The molecule has 0 unspecified atom stereocenters. The van der Waals surface area contributed by atoms with E-state index in [0.29, 0.717) is 15.9 Å². The Kier molecular flexibility index (Phi) is 5.01. The molecule has 0 aliphatic carbocycles. The minimum Gasteiger partial charge on any atom is -0.465 e. The number of terminal acetylenes is 1. The molecule has 3 aromatic rings. The zero-order valence-corrected chi connectivity index (χ0v) is 15.2. The van der Waals surface area contributed by atoms with E-state index in [1.807, 2.05) is 19.1 Å². The molecule has 0 aliphatic heterocycles. The third kappa shape index (κ3) is 3.44. The van der Waals surface area contributed by atoms with Crippen LogP contribution in [0.15, 0.2) is 47.5 Å². The van der Waals surface area contributed by atoms with E-state index in [1.165, 1.54) is 18.4 Å². The Labute approximate surface area is 154 Å². The minimum absolute atomic E-state index is 0.275. The van der Waals surface area contributed by atoms with Crippen molar-refractivity contribution in [1.82, 2.24) is 4.57 Å². The molecule has 6 heteroatoms. The van der Waals surface area contributed by atoms with Crippen molar-refractivity contribution < 1.29 is 14.3 Å². The SMILES string of the molecule is C#CCn1c(=NC(=O)c2ccc(C)cc2)sc2cc(C(=O)OC)ccc21. The number of aromatic nitrogens is 1. The van der Waals surface area contributed by atoms with Crippen molar-refractivity contribution in [3.05, 3.63) is 64.0 Å². The molecule has 0 bridgehead atoms. The van der Waals surface area contributed by atoms with E-state index >= 15 is 0 Å². The van der Waals surface area contributed by atoms with Gasteiger partial charge in [-0.15, -0.1) is 6.42 Å². The van der Waals surface area contributed by atoms with Crippen molar-refractivity contribution in [3.63, 3.8) is 0 Å². The Bertz CT molecular complexity index is 1100. The number of ether oxygens (including phenoxy) is 1. The van der Waals surface area contributed by atoms with Gasteiger partial charge in [-0.2, -0.15) is 4.99 Å². The number of esters is 1. The predicted octanol–water partition coefficient (Wildman–Crippen LogP) is 3.17. The van der Waals surface area contributed by atoms with Gasteiger partial charge in [-0.3, -0.25) is 4.79 Å². The average Bonchev–Trinajstić information content (AvgIpc) is 2.98. The van der Waals surface area contributed by atoms with Gasteiger partial charge < -0.3 is 9.30 Å². The Morgan fingerprint density at radius 3 is 2.54 bits per heavy atom. The molecule has 0 N–H and O–H groups in total. The third-order valence-electron chi connectivity index (χ3n) is 3.85. The van der Waals surface area contributed by atoms with Crippen LogP contribution in [0, 0.1) is 19.3 Å². The van der Waals surface area contributed by atoms with Crippen LogP contribution in [0.3, 0.4) is 0 Å². The fraction of sp³-hybridized carbons (Fsp3) is 0.150. The second-order valence-corrected chi connectivity index (χ2v) is 6.64. The van der Waals surface area contributed by atoms with Gasteiger partial charge in [0, 0.05) is 5.56 Å². The van der Waals surface area contributed by atoms with Gasteiger partial charge in [-0.05, 0) is 37.3 Å². The van der Waals surface area contributed by atoms with Crippen LogP contribution in [0.1, 0.15) is 26.3 Å². The van der Waals surface area contributed by atoms with Crippen molar-refractivity contribution in [3.8, 4) is 12.3 Å². The van der Waals surface area contributed by atoms with Crippen LogP contribution in [-0.2, 0) is 11.3 Å². The van der Waals surface area contributed by atoms with E-state index in [4.69, 9.17) is 11.2 Å². The number of hydrogen-bond donors (Lipinski definition) is 0. The quantitative estimate of drug-likeness (QED) is 0.530. The van der Waals surface area contributed by atoms with Crippen molar-refractivity contribution >= 4 is 33.4 Å². The molecule has 1 heterocycles. The fourth-order valence-electron chi connectivity index (χ4n) is 2.49. The Morgan fingerprint density at radius 2 is 1.88 bits per heavy atom. The third-order valence-corrected chi connectivity index (χ3v) is 4.89. The number of hydrogen-bond acceptors (Lipinski definition) is 4. The zero-order chi connectivity index (χ0) is 18.7. The molecule has 1 amide bonds. The fourth-order valence-corrected chi connectivity index (χ4v) is 3.56. The standard InChI is InChI=1S/C20H16N2O3S/c1-4-11-22-16-10-9-15(19(24)25-3)12-17(16)26-20(22)21-18(23)14-7-5-13(2)6-8-14/h1,5-10,12H,11H2,2-3H3. The number of carbonyl (C=O) groups excluding carboxylic acids is 2. The Hall–Kier alpha value is -3.17. The van der Waals surface area contributed by atoms with Crippen LogP contribution in [0.5, 0.6) is 0 Å². The van der Waals surface area contributed by atoms with Crippen LogP contribution in [0.2, 0.25) is 0 Å². The first-order valence-electron chi connectivity index (χ1n) is 7.84. The summed E-state index contributed by atoms with van der Waals surface area (Å²) in [5, 5.41) is 0. The maximum atomic E-state index is 12.5. The molecule has 0 atom stereocenters. The molecule has 0 spiro atoms. The molecule has 130 valence electrons. The normalized spacial score (nSPS) is 11.3. The van der Waals surface area contributed by atoms with E-state index in [1.54, 1.807) is 34.9 Å². The van der Waals surface area contributed by atoms with Crippen LogP contribution in [0.25, 0.3) is 10.2 Å². The molecule has 0 fully saturated rings. The van der Waals surface area contributed by atoms with Gasteiger partial charge in [-0.25, -0.2) is 4.79 Å². The van der Waals surface area contributed by atoms with Crippen molar-refractivity contribution in [2.45, 2.75) is 13.5 Å². The van der Waals surface area contributed by atoms with E-state index in [-0.39, 0.29) is 12.5 Å². The highest BCUT2D eigenvalue weighted by Gasteiger charge is 2.12. The molecular weight excluding hydrogens is 348 g/mol. The number of carbonyl (C=O) groups is 2. The predicted molar refractivity (Wildman–Crippen MR) is 101 cm³/mol. The molecule has 0 saturated carbocycles. The highest BCUT2D eigenvalue weighted by molar-refractivity contribution is 7.16. The van der Waals surface area contributed by atoms with Gasteiger partial charge >= 0.3 is 5.97 Å². The summed E-state index contributed by atoms with van der Waals surface area (Å²) in [6, 6.07) is 12.4. The lowest BCUT2D eigenvalue weighted by Crippen LogP contribution is -2.16. The van der Waals surface area contributed by atoms with Crippen LogP contribution in [-0.4, -0.2) is 23.6 Å². The van der Waals surface area contributed by atoms with Crippen LogP contribution >= 0.6 is 11.3 Å². The van der Waals surface area contributed by atoms with E-state index < -0.39 is 5.97 Å². The zero-order valence-electron chi connectivity index (χ0n) is 14.4. The largest absolute Gasteiger partial charge is 0.465 e. The average molecular weight is 364 g/mol. The summed E-state index contributed by atoms with van der Waals surface area (Å²) >= 11 is 1.30. The summed E-state index contributed by atoms with van der Waals surface area (Å²) in [6.07, 6.45) is 5.47. The lowest BCUT2D eigenvalue weighted by atomic mass is 10.1. The van der Waals surface area contributed by atoms with E-state index in [0.717, 1.165) is 15.8 Å². The molecule has 5 nitrogen and oxygen atoms in total. The van der Waals surface area contributed by atoms with E-state index in [9.17, 15) is 9.59 Å². The molecule has 0 saturated heterocycles. The minimum atomic E-state index is -0.418. The number of aryl methyl sites for hydroxylation is 1. The lowest BCUT2D eigenvalue weighted by Gasteiger charge is -2.01. The smallest absolute Gasteiger partial charge is 0.337 e. The van der Waals surface area contributed by atoms with Crippen molar-refractivity contribution in [1.29, 1.82) is 0 Å². The van der Waals surface area contributed by atoms with Gasteiger partial charge in [-0.1, -0.05) is 35.0 Å². The molecule has 0 radical (unpaired) electrons. The Morgan fingerprint density at radius 1 is 1.19 bits per heavy atom. The summed E-state index contributed by atoms with van der Waals surface area (Å²) in [5.41, 5.74) is 2.83. The molecule has 2 aromatic carbocycles. The summed E-state index contributed by atoms with van der Waals surface area (Å²) < 4.78 is 7.34. The summed E-state index contributed by atoms with van der Waals surface area (Å²) in [4.78, 5) is 28.9. The first kappa shape index (κ1) is 17.6. The first-order chi connectivity index (χ1) is 12.5. The molecular formula is C20H16N2O3S. The van der Waals surface area contributed by atoms with E-state index in [2.05, 4.69) is 10.9 Å². The number of amides is 1. The summed E-state index contributed by atoms with van der Waals surface area (Å²) in [7, 11) is 1.33. The second kappa shape index (κ2) is 7.38. The van der Waals surface area contributed by atoms with Gasteiger partial charge in [0.05, 0.1) is 29.4 Å². The molecule has 26 heavy (non-hydrogen) atoms. The van der Waals surface area contributed by atoms with Gasteiger partial charge in [0.2, 0.25) is 0 Å². The summed E-state index contributed by atoms with van der Waals surface area (Å²) in [6.45, 7) is 2.23. The van der Waals surface area contributed by atoms with Crippen molar-refractivity contribution in [2.24, 2.45) is 4.99 Å². The number of benzene rings is 2. The number of methoxy groups -OCH3 is 1. The van der Waals surface area contributed by atoms with Gasteiger partial charge in [0.25, 0.3) is 5.91 Å². The maximum Gasteiger partial charge on any atom is 0.337 e. The van der Waals surface area contributed by atoms with Gasteiger partial charge in [0.15, 0.2) is 4.80 Å². The maximum absolute atomic E-state index is 12.5. The molecule has 3 rings (SSSR count). The van der Waals surface area contributed by atoms with Crippen molar-refractivity contribution in [2.75, 3.05) is 7.11 Å². The molecule has 0 aliphatic rings. The lowest BCUT2D eigenvalue weighted by molar-refractivity contribution is 0.0601. The van der Waals surface area contributed by atoms with Crippen LogP contribution < -0.4 is 4.80 Å². The number of nitrogens with zero attached hydrogens (tertiary/aromatic N) is 2. The number of rotatable bonds is 3. The highest BCUT2D eigenvalue weighted by Crippen LogP contribution is 2.20. The number of fused-ring (bicyclic) bond motifs is 1.